The van der Waals surface area contributed by atoms with Gasteiger partial charge in [0.05, 0.1) is 0 Å². The Morgan fingerprint density at radius 3 is 0.850 bits per heavy atom. The number of hydrogen-bond donors (Lipinski definition) is 0. The lowest BCUT2D eigenvalue weighted by Gasteiger charge is -2.19. The molecule has 10 aromatic rings. The lowest BCUT2D eigenvalue weighted by Crippen LogP contribution is -1.91. The summed E-state index contributed by atoms with van der Waals surface area (Å²) in [6.45, 7) is 0. The maximum atomic E-state index is 2.36. The molecule has 0 nitrogen and oxygen atoms in total. The lowest BCUT2D eigenvalue weighted by atomic mass is 9.84. The topological polar surface area (TPSA) is 0 Å². The van der Waals surface area contributed by atoms with Gasteiger partial charge in [-0.05, 0) is 97.3 Å². The van der Waals surface area contributed by atoms with Crippen LogP contribution in [-0.2, 0) is 0 Å². The monoisotopic (exact) mass is 502 g/mol. The molecule has 0 aliphatic rings. The van der Waals surface area contributed by atoms with Crippen molar-refractivity contribution in [3.63, 3.8) is 0 Å². The van der Waals surface area contributed by atoms with Crippen LogP contribution < -0.4 is 0 Å². The van der Waals surface area contributed by atoms with Crippen molar-refractivity contribution in [3.8, 4) is 11.1 Å². The van der Waals surface area contributed by atoms with Crippen molar-refractivity contribution < 1.29 is 0 Å². The van der Waals surface area contributed by atoms with Crippen LogP contribution in [0.1, 0.15) is 0 Å². The highest BCUT2D eigenvalue weighted by Gasteiger charge is 2.18. The highest BCUT2D eigenvalue weighted by Crippen LogP contribution is 2.46. The van der Waals surface area contributed by atoms with E-state index in [1.807, 2.05) is 0 Å². The summed E-state index contributed by atoms with van der Waals surface area (Å²) in [6.07, 6.45) is 0. The van der Waals surface area contributed by atoms with Gasteiger partial charge in [0.25, 0.3) is 0 Å². The molecule has 40 heavy (non-hydrogen) atoms. The quantitative estimate of drug-likeness (QED) is 0.155. The molecule has 0 amide bonds. The van der Waals surface area contributed by atoms with E-state index < -0.39 is 0 Å². The molecule has 0 radical (unpaired) electrons. The van der Waals surface area contributed by atoms with Gasteiger partial charge in [-0.25, -0.2) is 0 Å². The molecular formula is C40H22. The van der Waals surface area contributed by atoms with E-state index in [-0.39, 0.29) is 0 Å². The van der Waals surface area contributed by atoms with Crippen molar-refractivity contribution in [1.29, 1.82) is 0 Å². The van der Waals surface area contributed by atoms with Gasteiger partial charge in [0.2, 0.25) is 0 Å². The molecule has 0 spiro atoms. The normalized spacial score (nSPS) is 12.5. The third-order valence-corrected chi connectivity index (χ3v) is 9.34. The van der Waals surface area contributed by atoms with E-state index >= 15 is 0 Å². The molecule has 182 valence electrons. The molecule has 0 atom stereocenters. The maximum Gasteiger partial charge on any atom is -0.00201 e. The van der Waals surface area contributed by atoms with Crippen molar-refractivity contribution in [1.82, 2.24) is 0 Å². The zero-order valence-corrected chi connectivity index (χ0v) is 21.7. The Morgan fingerprint density at radius 1 is 0.200 bits per heavy atom. The van der Waals surface area contributed by atoms with E-state index in [4.69, 9.17) is 0 Å². The smallest absolute Gasteiger partial charge is 0.00201 e. The molecule has 0 aliphatic heterocycles. The van der Waals surface area contributed by atoms with Crippen LogP contribution in [0.2, 0.25) is 0 Å². The first-order chi connectivity index (χ1) is 19.9. The van der Waals surface area contributed by atoms with E-state index in [1.165, 1.54) is 97.3 Å². The molecular weight excluding hydrogens is 480 g/mol. The Bertz CT molecular complexity index is 2350. The minimum Gasteiger partial charge on any atom is -0.0610 e. The van der Waals surface area contributed by atoms with E-state index in [1.54, 1.807) is 0 Å². The molecule has 0 bridgehead atoms. The van der Waals surface area contributed by atoms with E-state index in [9.17, 15) is 0 Å². The van der Waals surface area contributed by atoms with E-state index in [0.717, 1.165) is 0 Å². The summed E-state index contributed by atoms with van der Waals surface area (Å²) in [5, 5.41) is 21.4. The molecule has 10 aromatic carbocycles. The average Bonchev–Trinajstić information content (AvgIpc) is 3.02. The fourth-order valence-electron chi connectivity index (χ4n) is 7.76. The zero-order chi connectivity index (χ0) is 25.9. The van der Waals surface area contributed by atoms with Gasteiger partial charge in [0.1, 0.15) is 0 Å². The fourth-order valence-corrected chi connectivity index (χ4v) is 7.76. The molecule has 0 unspecified atom stereocenters. The SMILES string of the molecule is c1cc2cccc3c4ccc(-c5ccc6c7cccc8cccc(c9cccc5c96)c87)c5cccc(c(c1)c23)c54. The number of hydrogen-bond acceptors (Lipinski definition) is 0. The van der Waals surface area contributed by atoms with Gasteiger partial charge in [-0.2, -0.15) is 0 Å². The predicted octanol–water partition coefficient (Wildman–Crippen LogP) is 11.5. The van der Waals surface area contributed by atoms with Crippen LogP contribution in [0.5, 0.6) is 0 Å². The van der Waals surface area contributed by atoms with Crippen LogP contribution >= 0.6 is 0 Å². The van der Waals surface area contributed by atoms with Crippen LogP contribution in [0.4, 0.5) is 0 Å². The third-order valence-electron chi connectivity index (χ3n) is 9.34. The minimum absolute atomic E-state index is 1.30. The maximum absolute atomic E-state index is 2.36. The Balaban J connectivity index is 1.38. The fraction of sp³-hybridized carbons (Fsp3) is 0. The number of fused-ring (bicyclic) bond motifs is 4. The molecule has 0 saturated heterocycles. The first-order valence-corrected chi connectivity index (χ1v) is 14.0. The average molecular weight is 503 g/mol. The second kappa shape index (κ2) is 7.25. The molecule has 0 N–H and O–H groups in total. The summed E-state index contributed by atoms with van der Waals surface area (Å²) >= 11 is 0. The van der Waals surface area contributed by atoms with Crippen LogP contribution in [0.15, 0.2) is 133 Å². The van der Waals surface area contributed by atoms with Gasteiger partial charge in [0.15, 0.2) is 0 Å². The Labute approximate surface area is 230 Å². The van der Waals surface area contributed by atoms with Gasteiger partial charge in [-0.15, -0.1) is 0 Å². The Morgan fingerprint density at radius 2 is 0.475 bits per heavy atom. The minimum atomic E-state index is 1.30. The summed E-state index contributed by atoms with van der Waals surface area (Å²) in [4.78, 5) is 0. The van der Waals surface area contributed by atoms with Crippen LogP contribution in [0.25, 0.3) is 97.3 Å². The van der Waals surface area contributed by atoms with Gasteiger partial charge < -0.3 is 0 Å². The van der Waals surface area contributed by atoms with E-state index in [2.05, 4.69) is 133 Å². The second-order valence-corrected chi connectivity index (χ2v) is 11.2. The first-order valence-electron chi connectivity index (χ1n) is 14.0. The highest BCUT2D eigenvalue weighted by molar-refractivity contribution is 6.36. The summed E-state index contributed by atoms with van der Waals surface area (Å²) in [5.41, 5.74) is 2.60. The lowest BCUT2D eigenvalue weighted by molar-refractivity contribution is 1.73. The third kappa shape index (κ3) is 2.43. The first kappa shape index (κ1) is 20.7. The van der Waals surface area contributed by atoms with Gasteiger partial charge in [-0.3, -0.25) is 0 Å². The molecule has 0 fully saturated rings. The molecule has 10 rings (SSSR count). The number of rotatable bonds is 1. The largest absolute Gasteiger partial charge is 0.0610 e. The summed E-state index contributed by atoms with van der Waals surface area (Å²) in [7, 11) is 0. The van der Waals surface area contributed by atoms with Crippen LogP contribution in [-0.4, -0.2) is 0 Å². The Hall–Kier alpha value is -5.20. The summed E-state index contributed by atoms with van der Waals surface area (Å²) in [5.74, 6) is 0. The second-order valence-electron chi connectivity index (χ2n) is 11.2. The standard InChI is InChI=1S/C40H22/c1-7-23-9-3-13-31-35-21-19-25(27-15-5-17-33(39(27)35)29(11-1)37(23)31)26-20-22-36-32-14-4-10-24-8-2-12-30(38(24)32)34-18-6-16-28(26)40(34)36/h1-22H. The predicted molar refractivity (Wildman–Crippen MR) is 174 cm³/mol. The summed E-state index contributed by atoms with van der Waals surface area (Å²) in [6, 6.07) is 50.0. The van der Waals surface area contributed by atoms with Crippen molar-refractivity contribution in [2.24, 2.45) is 0 Å². The molecule has 0 saturated carbocycles. The van der Waals surface area contributed by atoms with Crippen LogP contribution in [0, 0.1) is 0 Å². The Kier molecular flexibility index (Phi) is 3.76. The van der Waals surface area contributed by atoms with E-state index in [0.29, 0.717) is 0 Å². The van der Waals surface area contributed by atoms with Crippen molar-refractivity contribution in [2.75, 3.05) is 0 Å². The number of benzene rings is 10. The van der Waals surface area contributed by atoms with Crippen LogP contribution in [0.3, 0.4) is 0 Å². The molecule has 0 aliphatic carbocycles. The summed E-state index contributed by atoms with van der Waals surface area (Å²) < 4.78 is 0. The van der Waals surface area contributed by atoms with Crippen molar-refractivity contribution in [2.45, 2.75) is 0 Å². The molecule has 0 heterocycles. The van der Waals surface area contributed by atoms with Gasteiger partial charge in [0, 0.05) is 0 Å². The van der Waals surface area contributed by atoms with Gasteiger partial charge in [-0.1, -0.05) is 133 Å². The highest BCUT2D eigenvalue weighted by atomic mass is 14.2. The van der Waals surface area contributed by atoms with Crippen molar-refractivity contribution >= 4 is 86.2 Å². The van der Waals surface area contributed by atoms with Crippen molar-refractivity contribution in [3.05, 3.63) is 133 Å². The van der Waals surface area contributed by atoms with Gasteiger partial charge >= 0.3 is 0 Å². The molecule has 0 aromatic heterocycles. The molecule has 0 heteroatoms. The zero-order valence-electron chi connectivity index (χ0n) is 21.7.